The fourth-order valence-electron chi connectivity index (χ4n) is 1.50. The smallest absolute Gasteiger partial charge is 0.0876 e. The quantitative estimate of drug-likeness (QED) is 0.414. The second kappa shape index (κ2) is 6.35. The van der Waals surface area contributed by atoms with Gasteiger partial charge in [-0.1, -0.05) is 23.4 Å². The van der Waals surface area contributed by atoms with Crippen LogP contribution in [0.5, 0.6) is 0 Å². The molecule has 13 heavy (non-hydrogen) atoms. The van der Waals surface area contributed by atoms with Crippen molar-refractivity contribution in [1.29, 1.82) is 0 Å². The third-order valence-corrected chi connectivity index (χ3v) is 2.13. The molecule has 0 aromatic rings. The minimum absolute atomic E-state index is 0.132. The largest absolute Gasteiger partial charge is 0.151 e. The molecule has 0 N–H and O–H groups in total. The Morgan fingerprint density at radius 3 is 1.62 bits per heavy atom. The fraction of sp³-hybridized carbons (Fsp3) is 0.455. The van der Waals surface area contributed by atoms with Crippen molar-refractivity contribution in [2.24, 2.45) is 10.6 Å². The SMILES string of the molecule is C=CCC(CC=C)(CC=C)CN=O. The molecule has 0 aliphatic rings. The normalized spacial score (nSPS) is 10.5. The molecule has 0 saturated carbocycles. The van der Waals surface area contributed by atoms with Crippen LogP contribution in [0.4, 0.5) is 0 Å². The second-order valence-electron chi connectivity index (χ2n) is 3.27. The lowest BCUT2D eigenvalue weighted by Crippen LogP contribution is -2.22. The van der Waals surface area contributed by atoms with E-state index in [1.54, 1.807) is 0 Å². The van der Waals surface area contributed by atoms with Crippen molar-refractivity contribution in [3.8, 4) is 0 Å². The molecule has 0 aromatic heterocycles. The van der Waals surface area contributed by atoms with Crippen LogP contribution in [-0.2, 0) is 0 Å². The van der Waals surface area contributed by atoms with Crippen LogP contribution in [0.25, 0.3) is 0 Å². The lowest BCUT2D eigenvalue weighted by Gasteiger charge is -2.27. The zero-order valence-electron chi connectivity index (χ0n) is 8.04. The highest BCUT2D eigenvalue weighted by Gasteiger charge is 2.26. The van der Waals surface area contributed by atoms with E-state index in [9.17, 15) is 4.91 Å². The first kappa shape index (κ1) is 11.8. The Balaban J connectivity index is 4.53. The van der Waals surface area contributed by atoms with E-state index in [0.29, 0.717) is 6.54 Å². The highest BCUT2D eigenvalue weighted by molar-refractivity contribution is 4.96. The van der Waals surface area contributed by atoms with Gasteiger partial charge in [-0.15, -0.1) is 19.7 Å². The van der Waals surface area contributed by atoms with Gasteiger partial charge in [-0.05, 0) is 19.3 Å². The summed E-state index contributed by atoms with van der Waals surface area (Å²) in [6, 6.07) is 0. The minimum Gasteiger partial charge on any atom is -0.151 e. The zero-order valence-corrected chi connectivity index (χ0v) is 8.04. The first-order valence-electron chi connectivity index (χ1n) is 4.36. The number of allylic oxidation sites excluding steroid dienone is 3. The molecule has 0 aliphatic heterocycles. The summed E-state index contributed by atoms with van der Waals surface area (Å²) >= 11 is 0. The van der Waals surface area contributed by atoms with E-state index in [0.717, 1.165) is 19.3 Å². The third kappa shape index (κ3) is 3.83. The molecular weight excluding hydrogens is 162 g/mol. The molecule has 0 saturated heterocycles. The maximum absolute atomic E-state index is 10.3. The Hall–Kier alpha value is -1.18. The molecule has 0 radical (unpaired) electrons. The maximum Gasteiger partial charge on any atom is 0.0876 e. The summed E-state index contributed by atoms with van der Waals surface area (Å²) in [5.41, 5.74) is -0.132. The molecule has 72 valence electrons. The van der Waals surface area contributed by atoms with Gasteiger partial charge in [0.2, 0.25) is 0 Å². The van der Waals surface area contributed by atoms with E-state index in [1.165, 1.54) is 0 Å². The summed E-state index contributed by atoms with van der Waals surface area (Å²) in [6.07, 6.45) is 7.78. The van der Waals surface area contributed by atoms with Crippen LogP contribution in [0.1, 0.15) is 19.3 Å². The van der Waals surface area contributed by atoms with Crippen molar-refractivity contribution in [2.75, 3.05) is 6.54 Å². The Kier molecular flexibility index (Phi) is 5.77. The van der Waals surface area contributed by atoms with Crippen molar-refractivity contribution < 1.29 is 0 Å². The number of rotatable bonds is 8. The minimum atomic E-state index is -0.132. The lowest BCUT2D eigenvalue weighted by molar-refractivity contribution is 0.310. The molecule has 0 amide bonds. The van der Waals surface area contributed by atoms with E-state index in [4.69, 9.17) is 0 Å². The Labute approximate surface area is 80.0 Å². The summed E-state index contributed by atoms with van der Waals surface area (Å²) in [5.74, 6) is 0. The van der Waals surface area contributed by atoms with Crippen LogP contribution in [-0.4, -0.2) is 6.54 Å². The van der Waals surface area contributed by atoms with Gasteiger partial charge < -0.3 is 0 Å². The van der Waals surface area contributed by atoms with Crippen molar-refractivity contribution in [1.82, 2.24) is 0 Å². The van der Waals surface area contributed by atoms with Crippen LogP contribution in [0, 0.1) is 10.3 Å². The summed E-state index contributed by atoms with van der Waals surface area (Å²) in [7, 11) is 0. The van der Waals surface area contributed by atoms with Crippen molar-refractivity contribution in [2.45, 2.75) is 19.3 Å². The maximum atomic E-state index is 10.3. The number of nitrogens with zero attached hydrogens (tertiary/aromatic N) is 1. The topological polar surface area (TPSA) is 29.4 Å². The zero-order chi connectivity index (χ0) is 10.2. The molecule has 0 fully saturated rings. The summed E-state index contributed by atoms with van der Waals surface area (Å²) < 4.78 is 0. The van der Waals surface area contributed by atoms with Gasteiger partial charge in [0.15, 0.2) is 0 Å². The van der Waals surface area contributed by atoms with Crippen LogP contribution in [0.15, 0.2) is 43.1 Å². The summed E-state index contributed by atoms with van der Waals surface area (Å²) in [4.78, 5) is 10.3. The molecule has 2 heteroatoms. The van der Waals surface area contributed by atoms with Gasteiger partial charge in [-0.25, -0.2) is 0 Å². The molecule has 0 heterocycles. The van der Waals surface area contributed by atoms with Gasteiger partial charge in [0.05, 0.1) is 6.54 Å². The molecule has 0 aromatic carbocycles. The first-order valence-corrected chi connectivity index (χ1v) is 4.36. The molecule has 2 nitrogen and oxygen atoms in total. The number of hydrogen-bond donors (Lipinski definition) is 0. The number of nitroso groups, excluding NO2 is 1. The monoisotopic (exact) mass is 179 g/mol. The highest BCUT2D eigenvalue weighted by Crippen LogP contribution is 2.32. The van der Waals surface area contributed by atoms with E-state index >= 15 is 0 Å². The molecule has 0 atom stereocenters. The van der Waals surface area contributed by atoms with Crippen molar-refractivity contribution in [3.05, 3.63) is 42.9 Å². The average Bonchev–Trinajstić information content (AvgIpc) is 2.06. The fourth-order valence-corrected chi connectivity index (χ4v) is 1.50. The van der Waals surface area contributed by atoms with Gasteiger partial charge >= 0.3 is 0 Å². The van der Waals surface area contributed by atoms with Crippen LogP contribution >= 0.6 is 0 Å². The average molecular weight is 179 g/mol. The molecule has 0 unspecified atom stereocenters. The van der Waals surface area contributed by atoms with Gasteiger partial charge in [0.1, 0.15) is 0 Å². The molecule has 0 spiro atoms. The second-order valence-corrected chi connectivity index (χ2v) is 3.27. The molecule has 0 rings (SSSR count). The highest BCUT2D eigenvalue weighted by atomic mass is 16.3. The first-order chi connectivity index (χ1) is 6.24. The van der Waals surface area contributed by atoms with Gasteiger partial charge in [-0.3, -0.25) is 0 Å². The Morgan fingerprint density at radius 1 is 1.00 bits per heavy atom. The number of hydrogen-bond acceptors (Lipinski definition) is 2. The predicted molar refractivity (Wildman–Crippen MR) is 57.5 cm³/mol. The molecular formula is C11H17NO. The van der Waals surface area contributed by atoms with Gasteiger partial charge in [0.25, 0.3) is 0 Å². The Morgan fingerprint density at radius 2 is 1.38 bits per heavy atom. The van der Waals surface area contributed by atoms with E-state index < -0.39 is 0 Å². The van der Waals surface area contributed by atoms with Gasteiger partial charge in [0, 0.05) is 5.41 Å². The van der Waals surface area contributed by atoms with Crippen LogP contribution in [0.2, 0.25) is 0 Å². The summed E-state index contributed by atoms with van der Waals surface area (Å²) in [6.45, 7) is 11.3. The molecule has 0 bridgehead atoms. The van der Waals surface area contributed by atoms with Crippen LogP contribution in [0.3, 0.4) is 0 Å². The van der Waals surface area contributed by atoms with E-state index in [1.807, 2.05) is 18.2 Å². The van der Waals surface area contributed by atoms with Crippen LogP contribution < -0.4 is 0 Å². The Bertz CT molecular complexity index is 151. The standard InChI is InChI=1S/C11H17NO/c1-4-7-11(8-5-2,9-6-3)10-12-13/h4-6H,1-3,7-10H2. The van der Waals surface area contributed by atoms with E-state index in [-0.39, 0.29) is 5.41 Å². The van der Waals surface area contributed by atoms with Crippen molar-refractivity contribution >= 4 is 0 Å². The molecule has 0 aliphatic carbocycles. The third-order valence-electron chi connectivity index (χ3n) is 2.13. The predicted octanol–water partition coefficient (Wildman–Crippen LogP) is 3.47. The lowest BCUT2D eigenvalue weighted by atomic mass is 9.78. The van der Waals surface area contributed by atoms with E-state index in [2.05, 4.69) is 24.9 Å². The van der Waals surface area contributed by atoms with Crippen molar-refractivity contribution in [3.63, 3.8) is 0 Å². The summed E-state index contributed by atoms with van der Waals surface area (Å²) in [5, 5.41) is 2.97. The van der Waals surface area contributed by atoms with Gasteiger partial charge in [-0.2, -0.15) is 4.91 Å².